The first-order chi connectivity index (χ1) is 18.8. The van der Waals surface area contributed by atoms with Crippen molar-refractivity contribution in [3.63, 3.8) is 0 Å². The molecule has 0 fully saturated rings. The number of carbonyl (C=O) groups excluding carboxylic acids is 2. The quantitative estimate of drug-likeness (QED) is 0.161. The van der Waals surface area contributed by atoms with Crippen LogP contribution in [0, 0.1) is 13.8 Å². The number of ether oxygens (including phenoxy) is 2. The Morgan fingerprint density at radius 3 is 2.64 bits per heavy atom. The van der Waals surface area contributed by atoms with Gasteiger partial charge in [-0.1, -0.05) is 42.9 Å². The van der Waals surface area contributed by atoms with Crippen LogP contribution >= 0.6 is 22.7 Å². The fraction of sp³-hybridized carbons (Fsp3) is 0.300. The molecule has 1 aliphatic rings. The number of fused-ring (bicyclic) bond motifs is 1. The van der Waals surface area contributed by atoms with Gasteiger partial charge in [-0.25, -0.2) is 4.98 Å². The summed E-state index contributed by atoms with van der Waals surface area (Å²) < 4.78 is 12.8. The second-order valence-electron chi connectivity index (χ2n) is 9.41. The lowest BCUT2D eigenvalue weighted by Gasteiger charge is -2.25. The number of hydrogen-bond acceptors (Lipinski definition) is 8. The van der Waals surface area contributed by atoms with Crippen molar-refractivity contribution in [1.82, 2.24) is 4.98 Å². The molecule has 0 saturated carbocycles. The minimum Gasteiger partial charge on any atom is -0.503 e. The van der Waals surface area contributed by atoms with Gasteiger partial charge in [0.1, 0.15) is 0 Å². The Morgan fingerprint density at radius 2 is 1.92 bits per heavy atom. The molecule has 39 heavy (non-hydrogen) atoms. The lowest BCUT2D eigenvalue weighted by molar-refractivity contribution is -0.117. The molecule has 0 saturated heterocycles. The molecule has 7 nitrogen and oxygen atoms in total. The maximum absolute atomic E-state index is 13.7. The molecular weight excluding hydrogens is 532 g/mol. The molecule has 1 aliphatic heterocycles. The van der Waals surface area contributed by atoms with Crippen LogP contribution in [0.4, 0.5) is 5.13 Å². The molecule has 9 heteroatoms. The topological polar surface area (TPSA) is 89.0 Å². The van der Waals surface area contributed by atoms with E-state index < -0.39 is 23.5 Å². The highest BCUT2D eigenvalue weighted by Crippen LogP contribution is 2.46. The Bertz CT molecular complexity index is 1570. The number of nitrogens with zero attached hydrogens (tertiary/aromatic N) is 2. The van der Waals surface area contributed by atoms with Crippen molar-refractivity contribution in [2.45, 2.75) is 46.6 Å². The molecule has 0 aliphatic carbocycles. The molecule has 3 heterocycles. The van der Waals surface area contributed by atoms with E-state index in [0.717, 1.165) is 34.2 Å². The summed E-state index contributed by atoms with van der Waals surface area (Å²) >= 11 is 2.63. The number of thiazole rings is 1. The third kappa shape index (κ3) is 5.04. The predicted molar refractivity (Wildman–Crippen MR) is 156 cm³/mol. The lowest BCUT2D eigenvalue weighted by atomic mass is 9.95. The van der Waals surface area contributed by atoms with Crippen LogP contribution in [0.1, 0.15) is 59.1 Å². The van der Waals surface area contributed by atoms with Gasteiger partial charge < -0.3 is 14.6 Å². The first kappa shape index (κ1) is 26.9. The highest BCUT2D eigenvalue weighted by Gasteiger charge is 2.46. The Morgan fingerprint density at radius 1 is 1.10 bits per heavy atom. The summed E-state index contributed by atoms with van der Waals surface area (Å²) in [5, 5.41) is 13.3. The van der Waals surface area contributed by atoms with Gasteiger partial charge in [-0.2, -0.15) is 0 Å². The fourth-order valence-electron chi connectivity index (χ4n) is 4.76. The normalized spacial score (nSPS) is 15.4. The number of anilines is 1. The molecule has 202 valence electrons. The van der Waals surface area contributed by atoms with Gasteiger partial charge in [0.05, 0.1) is 39.9 Å². The molecule has 1 amide bonds. The van der Waals surface area contributed by atoms with E-state index in [4.69, 9.17) is 14.5 Å². The summed E-state index contributed by atoms with van der Waals surface area (Å²) in [6.07, 6.45) is 1.91. The number of Topliss-reactive ketones (excluding diaryl/α,β-unsaturated/α-hetero) is 1. The first-order valence-corrected chi connectivity index (χ1v) is 14.7. The number of aromatic nitrogens is 1. The van der Waals surface area contributed by atoms with E-state index in [1.165, 1.54) is 27.6 Å². The molecular formula is C30H30N2O5S2. The van der Waals surface area contributed by atoms with E-state index in [9.17, 15) is 14.7 Å². The van der Waals surface area contributed by atoms with Crippen LogP contribution in [-0.4, -0.2) is 35.0 Å². The number of thiophene rings is 1. The highest BCUT2D eigenvalue weighted by molar-refractivity contribution is 7.22. The minimum atomic E-state index is -0.891. The largest absolute Gasteiger partial charge is 0.503 e. The van der Waals surface area contributed by atoms with Gasteiger partial charge in [0.15, 0.2) is 22.4 Å². The number of unbranched alkanes of at least 4 members (excludes halogenated alkanes) is 1. The van der Waals surface area contributed by atoms with E-state index in [1.807, 2.05) is 39.0 Å². The Labute approximate surface area is 235 Å². The fourth-order valence-corrected chi connectivity index (χ4v) is 6.61. The monoisotopic (exact) mass is 562 g/mol. The molecule has 4 aromatic rings. The molecule has 0 radical (unpaired) electrons. The average molecular weight is 563 g/mol. The van der Waals surface area contributed by atoms with Crippen LogP contribution in [0.5, 0.6) is 11.5 Å². The zero-order valence-corrected chi connectivity index (χ0v) is 23.9. The van der Waals surface area contributed by atoms with Crippen molar-refractivity contribution < 1.29 is 24.2 Å². The van der Waals surface area contributed by atoms with E-state index in [1.54, 1.807) is 29.6 Å². The van der Waals surface area contributed by atoms with Gasteiger partial charge in [0, 0.05) is 0 Å². The van der Waals surface area contributed by atoms with Gasteiger partial charge in [-0.15, -0.1) is 11.3 Å². The van der Waals surface area contributed by atoms with Crippen molar-refractivity contribution in [3.8, 4) is 11.5 Å². The number of amides is 1. The SMILES string of the molecule is CCCCOc1ccc(C2C(C(=O)c3cccs3)=C(O)C(=O)N2c2nc3c(C)cc(C)cc3s2)cc1OCC. The molecule has 1 atom stereocenters. The van der Waals surface area contributed by atoms with Gasteiger partial charge in [0.25, 0.3) is 5.91 Å². The van der Waals surface area contributed by atoms with E-state index in [0.29, 0.717) is 40.3 Å². The van der Waals surface area contributed by atoms with Crippen LogP contribution in [0.2, 0.25) is 0 Å². The number of aliphatic hydroxyl groups excluding tert-OH is 1. The van der Waals surface area contributed by atoms with Crippen molar-refractivity contribution >= 4 is 49.7 Å². The summed E-state index contributed by atoms with van der Waals surface area (Å²) in [5.41, 5.74) is 3.52. The summed E-state index contributed by atoms with van der Waals surface area (Å²) in [5.74, 6) is -0.502. The van der Waals surface area contributed by atoms with Crippen LogP contribution in [0.25, 0.3) is 10.2 Å². The van der Waals surface area contributed by atoms with Crippen LogP contribution in [-0.2, 0) is 4.79 Å². The van der Waals surface area contributed by atoms with Crippen molar-refractivity contribution in [2.24, 2.45) is 0 Å². The number of ketones is 1. The van der Waals surface area contributed by atoms with Gasteiger partial charge in [0.2, 0.25) is 5.78 Å². The Hall–Kier alpha value is -3.69. The maximum Gasteiger partial charge on any atom is 0.296 e. The van der Waals surface area contributed by atoms with Crippen LogP contribution in [0.15, 0.2) is 59.2 Å². The second-order valence-corrected chi connectivity index (χ2v) is 11.4. The summed E-state index contributed by atoms with van der Waals surface area (Å²) in [6.45, 7) is 8.94. The number of rotatable bonds is 10. The molecule has 1 N–H and O–H groups in total. The minimum absolute atomic E-state index is 0.0247. The summed E-state index contributed by atoms with van der Waals surface area (Å²) in [6, 6.07) is 12.1. The number of hydrogen-bond donors (Lipinski definition) is 1. The van der Waals surface area contributed by atoms with Gasteiger partial charge in [-0.3, -0.25) is 14.5 Å². The highest BCUT2D eigenvalue weighted by atomic mass is 32.1. The van der Waals surface area contributed by atoms with Crippen LogP contribution < -0.4 is 14.4 Å². The smallest absolute Gasteiger partial charge is 0.296 e. The zero-order valence-electron chi connectivity index (χ0n) is 22.3. The Kier molecular flexibility index (Phi) is 7.72. The standard InChI is InChI=1S/C30H30N2O5S2/c1-5-7-12-37-20-11-10-19(16-21(20)36-6-2)26-24(27(33)22-9-8-13-38-22)28(34)29(35)32(26)30-31-25-18(4)14-17(3)15-23(25)39-30/h8-11,13-16,26,34H,5-7,12H2,1-4H3. The zero-order chi connectivity index (χ0) is 27.7. The molecule has 2 aromatic heterocycles. The second kappa shape index (κ2) is 11.2. The van der Waals surface area contributed by atoms with E-state index in [-0.39, 0.29) is 5.57 Å². The van der Waals surface area contributed by atoms with Crippen molar-refractivity contribution in [1.29, 1.82) is 0 Å². The van der Waals surface area contributed by atoms with Crippen molar-refractivity contribution in [2.75, 3.05) is 18.1 Å². The molecule has 2 aromatic carbocycles. The van der Waals surface area contributed by atoms with Crippen LogP contribution in [0.3, 0.4) is 0 Å². The van der Waals surface area contributed by atoms with Gasteiger partial charge >= 0.3 is 0 Å². The number of aliphatic hydroxyl groups is 1. The number of carbonyl (C=O) groups is 2. The molecule has 0 spiro atoms. The molecule has 0 bridgehead atoms. The third-order valence-corrected chi connectivity index (χ3v) is 8.43. The Balaban J connectivity index is 1.66. The predicted octanol–water partition coefficient (Wildman–Crippen LogP) is 7.34. The van der Waals surface area contributed by atoms with E-state index in [2.05, 4.69) is 6.92 Å². The lowest BCUT2D eigenvalue weighted by Crippen LogP contribution is -2.31. The molecule has 1 unspecified atom stereocenters. The van der Waals surface area contributed by atoms with E-state index >= 15 is 0 Å². The average Bonchev–Trinajstić information content (AvgIpc) is 3.64. The maximum atomic E-state index is 13.7. The summed E-state index contributed by atoms with van der Waals surface area (Å²) in [7, 11) is 0. The number of benzene rings is 2. The third-order valence-electron chi connectivity index (χ3n) is 6.56. The number of aryl methyl sites for hydroxylation is 2. The first-order valence-electron chi connectivity index (χ1n) is 13.0. The van der Waals surface area contributed by atoms with Gasteiger partial charge in [-0.05, 0) is 73.5 Å². The summed E-state index contributed by atoms with van der Waals surface area (Å²) in [4.78, 5) is 34.0. The van der Waals surface area contributed by atoms with Crippen molar-refractivity contribution in [3.05, 3.63) is 80.7 Å². The molecule has 5 rings (SSSR count).